The number of likely N-dealkylation sites (tertiary alicyclic amines) is 1. The largest absolute Gasteiger partial charge is 0.361 e. The molecule has 3 aromatic rings. The fourth-order valence-electron chi connectivity index (χ4n) is 3.84. The van der Waals surface area contributed by atoms with Gasteiger partial charge in [0.2, 0.25) is 0 Å². The second kappa shape index (κ2) is 7.20. The number of fused-ring (bicyclic) bond motifs is 1. The summed E-state index contributed by atoms with van der Waals surface area (Å²) in [6.07, 6.45) is 7.64. The Morgan fingerprint density at radius 2 is 1.92 bits per heavy atom. The molecule has 5 heteroatoms. The number of para-hydroxylation sites is 1. The zero-order valence-corrected chi connectivity index (χ0v) is 15.0. The van der Waals surface area contributed by atoms with Gasteiger partial charge in [-0.3, -0.25) is 4.98 Å². The van der Waals surface area contributed by atoms with Crippen LogP contribution in [0.25, 0.3) is 10.9 Å². The fourth-order valence-corrected chi connectivity index (χ4v) is 3.84. The number of nitrogens with zero attached hydrogens (tertiary/aromatic N) is 2. The standard InChI is InChI=1S/C21H24N4O/c1-15(16-6-10-22-11-7-16)24-21(26)25-12-8-17(9-13-25)19-14-23-20-5-3-2-4-18(19)20/h2-7,10-11,14-15,17,23H,8-9,12-13H2,1H3,(H,24,26). The summed E-state index contributed by atoms with van der Waals surface area (Å²) < 4.78 is 0. The van der Waals surface area contributed by atoms with Crippen molar-refractivity contribution in [2.45, 2.75) is 31.7 Å². The second-order valence-electron chi connectivity index (χ2n) is 7.00. The third-order valence-electron chi connectivity index (χ3n) is 5.39. The van der Waals surface area contributed by atoms with E-state index >= 15 is 0 Å². The Hall–Kier alpha value is -2.82. The predicted molar refractivity (Wildman–Crippen MR) is 103 cm³/mol. The average Bonchev–Trinajstić information content (AvgIpc) is 3.13. The Bertz CT molecular complexity index is 881. The lowest BCUT2D eigenvalue weighted by Crippen LogP contribution is -2.44. The van der Waals surface area contributed by atoms with Crippen molar-refractivity contribution in [3.8, 4) is 0 Å². The van der Waals surface area contributed by atoms with Crippen LogP contribution < -0.4 is 5.32 Å². The Balaban J connectivity index is 1.37. The maximum Gasteiger partial charge on any atom is 0.317 e. The number of H-pyrrole nitrogens is 1. The van der Waals surface area contributed by atoms with E-state index in [0.717, 1.165) is 31.5 Å². The summed E-state index contributed by atoms with van der Waals surface area (Å²) in [5, 5.41) is 4.41. The van der Waals surface area contributed by atoms with Crippen LogP contribution in [0.5, 0.6) is 0 Å². The molecule has 1 fully saturated rings. The van der Waals surface area contributed by atoms with Crippen LogP contribution in [0, 0.1) is 0 Å². The summed E-state index contributed by atoms with van der Waals surface area (Å²) in [7, 11) is 0. The number of benzene rings is 1. The summed E-state index contributed by atoms with van der Waals surface area (Å²) in [5.41, 5.74) is 3.64. The van der Waals surface area contributed by atoms with Crippen molar-refractivity contribution in [2.75, 3.05) is 13.1 Å². The van der Waals surface area contributed by atoms with Gasteiger partial charge in [-0.2, -0.15) is 0 Å². The van der Waals surface area contributed by atoms with E-state index < -0.39 is 0 Å². The molecule has 26 heavy (non-hydrogen) atoms. The number of amides is 2. The Morgan fingerprint density at radius 1 is 1.19 bits per heavy atom. The zero-order chi connectivity index (χ0) is 17.9. The highest BCUT2D eigenvalue weighted by molar-refractivity contribution is 5.83. The van der Waals surface area contributed by atoms with Crippen LogP contribution in [0.2, 0.25) is 0 Å². The van der Waals surface area contributed by atoms with Gasteiger partial charge in [0.15, 0.2) is 0 Å². The highest BCUT2D eigenvalue weighted by Gasteiger charge is 2.26. The molecule has 5 nitrogen and oxygen atoms in total. The number of rotatable bonds is 3. The van der Waals surface area contributed by atoms with Gasteiger partial charge in [-0.05, 0) is 55.0 Å². The summed E-state index contributed by atoms with van der Waals surface area (Å²) in [6, 6.07) is 12.3. The van der Waals surface area contributed by atoms with Gasteiger partial charge in [0.05, 0.1) is 6.04 Å². The van der Waals surface area contributed by atoms with Crippen LogP contribution in [0.3, 0.4) is 0 Å². The Morgan fingerprint density at radius 3 is 2.69 bits per heavy atom. The number of piperidine rings is 1. The lowest BCUT2D eigenvalue weighted by atomic mass is 9.89. The molecule has 2 amide bonds. The van der Waals surface area contributed by atoms with Crippen LogP contribution in [-0.4, -0.2) is 34.0 Å². The van der Waals surface area contributed by atoms with Gasteiger partial charge in [-0.25, -0.2) is 4.79 Å². The van der Waals surface area contributed by atoms with E-state index in [4.69, 9.17) is 0 Å². The van der Waals surface area contributed by atoms with E-state index in [1.165, 1.54) is 16.5 Å². The first-order valence-electron chi connectivity index (χ1n) is 9.24. The molecule has 1 atom stereocenters. The molecule has 0 saturated carbocycles. The number of carbonyl (C=O) groups excluding carboxylic acids is 1. The maximum atomic E-state index is 12.6. The topological polar surface area (TPSA) is 61.0 Å². The first-order chi connectivity index (χ1) is 12.7. The molecule has 134 valence electrons. The molecule has 0 spiro atoms. The molecule has 0 aliphatic carbocycles. The van der Waals surface area contributed by atoms with Crippen molar-refractivity contribution in [1.82, 2.24) is 20.2 Å². The third-order valence-corrected chi connectivity index (χ3v) is 5.39. The van der Waals surface area contributed by atoms with Crippen LogP contribution in [0.15, 0.2) is 55.0 Å². The highest BCUT2D eigenvalue weighted by atomic mass is 16.2. The van der Waals surface area contributed by atoms with Crippen molar-refractivity contribution in [1.29, 1.82) is 0 Å². The van der Waals surface area contributed by atoms with Crippen LogP contribution >= 0.6 is 0 Å². The lowest BCUT2D eigenvalue weighted by molar-refractivity contribution is 0.178. The molecular weight excluding hydrogens is 324 g/mol. The highest BCUT2D eigenvalue weighted by Crippen LogP contribution is 2.33. The fraction of sp³-hybridized carbons (Fsp3) is 0.333. The van der Waals surface area contributed by atoms with Gasteiger partial charge in [0, 0.05) is 42.6 Å². The van der Waals surface area contributed by atoms with Crippen molar-refractivity contribution in [3.05, 3.63) is 66.1 Å². The average molecular weight is 348 g/mol. The number of nitrogens with one attached hydrogen (secondary N) is 2. The number of aromatic amines is 1. The first-order valence-corrected chi connectivity index (χ1v) is 9.24. The zero-order valence-electron chi connectivity index (χ0n) is 15.0. The molecule has 0 bridgehead atoms. The number of aromatic nitrogens is 2. The van der Waals surface area contributed by atoms with E-state index in [1.807, 2.05) is 24.0 Å². The second-order valence-corrected chi connectivity index (χ2v) is 7.00. The Kier molecular flexibility index (Phi) is 4.61. The number of hydrogen-bond acceptors (Lipinski definition) is 2. The minimum Gasteiger partial charge on any atom is -0.361 e. The van der Waals surface area contributed by atoms with E-state index in [0.29, 0.717) is 5.92 Å². The number of urea groups is 1. The smallest absolute Gasteiger partial charge is 0.317 e. The van der Waals surface area contributed by atoms with Gasteiger partial charge >= 0.3 is 6.03 Å². The first kappa shape index (κ1) is 16.6. The van der Waals surface area contributed by atoms with Gasteiger partial charge in [0.25, 0.3) is 0 Å². The molecule has 3 heterocycles. The normalized spacial score (nSPS) is 16.6. The quantitative estimate of drug-likeness (QED) is 0.745. The summed E-state index contributed by atoms with van der Waals surface area (Å²) in [6.45, 7) is 3.59. The van der Waals surface area contributed by atoms with E-state index in [-0.39, 0.29) is 12.1 Å². The molecule has 2 N–H and O–H groups in total. The van der Waals surface area contributed by atoms with E-state index in [2.05, 4.69) is 45.7 Å². The number of hydrogen-bond donors (Lipinski definition) is 2. The number of carbonyl (C=O) groups is 1. The van der Waals surface area contributed by atoms with Crippen LogP contribution in [0.1, 0.15) is 42.9 Å². The monoisotopic (exact) mass is 348 g/mol. The van der Waals surface area contributed by atoms with Gasteiger partial charge in [-0.1, -0.05) is 18.2 Å². The predicted octanol–water partition coefficient (Wildman–Crippen LogP) is 4.21. The molecule has 0 radical (unpaired) electrons. The van der Waals surface area contributed by atoms with Gasteiger partial charge < -0.3 is 15.2 Å². The van der Waals surface area contributed by atoms with Crippen molar-refractivity contribution < 1.29 is 4.79 Å². The molecule has 4 rings (SSSR count). The summed E-state index contributed by atoms with van der Waals surface area (Å²) in [4.78, 5) is 21.9. The third kappa shape index (κ3) is 3.29. The van der Waals surface area contributed by atoms with Gasteiger partial charge in [0.1, 0.15) is 0 Å². The van der Waals surface area contributed by atoms with Gasteiger partial charge in [-0.15, -0.1) is 0 Å². The van der Waals surface area contributed by atoms with E-state index in [9.17, 15) is 4.79 Å². The van der Waals surface area contributed by atoms with E-state index in [1.54, 1.807) is 12.4 Å². The van der Waals surface area contributed by atoms with Crippen molar-refractivity contribution in [3.63, 3.8) is 0 Å². The minimum atomic E-state index is -0.0168. The molecule has 2 aromatic heterocycles. The van der Waals surface area contributed by atoms with Crippen molar-refractivity contribution in [2.24, 2.45) is 0 Å². The van der Waals surface area contributed by atoms with Crippen LogP contribution in [-0.2, 0) is 0 Å². The van der Waals surface area contributed by atoms with Crippen LogP contribution in [0.4, 0.5) is 4.79 Å². The molecular formula is C21H24N4O. The molecule has 1 aromatic carbocycles. The maximum absolute atomic E-state index is 12.6. The molecule has 1 unspecified atom stereocenters. The van der Waals surface area contributed by atoms with Crippen molar-refractivity contribution >= 4 is 16.9 Å². The molecule has 1 saturated heterocycles. The lowest BCUT2D eigenvalue weighted by Gasteiger charge is -2.33. The summed E-state index contributed by atoms with van der Waals surface area (Å²) >= 11 is 0. The minimum absolute atomic E-state index is 0.0168. The summed E-state index contributed by atoms with van der Waals surface area (Å²) in [5.74, 6) is 0.507. The molecule has 1 aliphatic heterocycles. The molecule has 1 aliphatic rings. The SMILES string of the molecule is CC(NC(=O)N1CCC(c2c[nH]c3ccccc23)CC1)c1ccncc1. The Labute approximate surface area is 153 Å². The number of pyridine rings is 1.